The number of hydrogen-bond acceptors (Lipinski definition) is 4. The summed E-state index contributed by atoms with van der Waals surface area (Å²) in [7, 11) is -2.53. The molecule has 0 fully saturated rings. The Morgan fingerprint density at radius 3 is 2.58 bits per heavy atom. The van der Waals surface area contributed by atoms with Gasteiger partial charge in [0.15, 0.2) is 0 Å². The number of amides is 1. The molecule has 0 saturated carbocycles. The minimum absolute atomic E-state index is 0.0843. The number of methoxy groups -OCH3 is 1. The van der Waals surface area contributed by atoms with Gasteiger partial charge in [0.05, 0.1) is 23.4 Å². The lowest BCUT2D eigenvalue weighted by Gasteiger charge is -2.13. The maximum atomic E-state index is 13.2. The SMILES string of the molecule is CCC(=O)Nc1cc(S(=O)(=O)Nc2cccc(F)c2)ccc1OC. The van der Waals surface area contributed by atoms with E-state index in [2.05, 4.69) is 10.0 Å². The van der Waals surface area contributed by atoms with E-state index in [1.807, 2.05) is 0 Å². The Bertz CT molecular complexity index is 853. The van der Waals surface area contributed by atoms with Gasteiger partial charge in [-0.25, -0.2) is 12.8 Å². The van der Waals surface area contributed by atoms with Crippen LogP contribution in [0.5, 0.6) is 5.75 Å². The smallest absolute Gasteiger partial charge is 0.261 e. The minimum atomic E-state index is -3.94. The topological polar surface area (TPSA) is 84.5 Å². The molecular formula is C16H17FN2O4S. The fourth-order valence-corrected chi connectivity index (χ4v) is 3.03. The average Bonchev–Trinajstić information content (AvgIpc) is 2.54. The van der Waals surface area contributed by atoms with Crippen LogP contribution < -0.4 is 14.8 Å². The molecule has 8 heteroatoms. The highest BCUT2D eigenvalue weighted by Crippen LogP contribution is 2.28. The highest BCUT2D eigenvalue weighted by molar-refractivity contribution is 7.92. The molecule has 0 saturated heterocycles. The third kappa shape index (κ3) is 4.23. The van der Waals surface area contributed by atoms with Crippen molar-refractivity contribution in [3.63, 3.8) is 0 Å². The number of halogens is 1. The van der Waals surface area contributed by atoms with Crippen LogP contribution in [0.3, 0.4) is 0 Å². The number of sulfonamides is 1. The highest BCUT2D eigenvalue weighted by Gasteiger charge is 2.18. The first-order valence-electron chi connectivity index (χ1n) is 7.12. The molecule has 0 spiro atoms. The van der Waals surface area contributed by atoms with E-state index in [4.69, 9.17) is 4.74 Å². The molecule has 1 amide bonds. The van der Waals surface area contributed by atoms with Crippen LogP contribution >= 0.6 is 0 Å². The predicted molar refractivity (Wildman–Crippen MR) is 89.1 cm³/mol. The van der Waals surface area contributed by atoms with E-state index in [0.717, 1.165) is 6.07 Å². The summed E-state index contributed by atoms with van der Waals surface area (Å²) in [6.45, 7) is 1.67. The van der Waals surface area contributed by atoms with Crippen molar-refractivity contribution in [2.24, 2.45) is 0 Å². The van der Waals surface area contributed by atoms with E-state index >= 15 is 0 Å². The van der Waals surface area contributed by atoms with Gasteiger partial charge in [-0.2, -0.15) is 0 Å². The van der Waals surface area contributed by atoms with Crippen LogP contribution in [-0.2, 0) is 14.8 Å². The Labute approximate surface area is 139 Å². The van der Waals surface area contributed by atoms with Crippen molar-refractivity contribution in [1.82, 2.24) is 0 Å². The lowest BCUT2D eigenvalue weighted by atomic mass is 10.3. The van der Waals surface area contributed by atoms with Gasteiger partial charge in [-0.1, -0.05) is 13.0 Å². The summed E-state index contributed by atoms with van der Waals surface area (Å²) in [6, 6.07) is 9.17. The van der Waals surface area contributed by atoms with Crippen LogP contribution in [0.25, 0.3) is 0 Å². The van der Waals surface area contributed by atoms with Crippen molar-refractivity contribution in [1.29, 1.82) is 0 Å². The van der Waals surface area contributed by atoms with Crippen molar-refractivity contribution in [2.45, 2.75) is 18.2 Å². The van der Waals surface area contributed by atoms with Crippen molar-refractivity contribution < 1.29 is 22.3 Å². The molecule has 2 aromatic carbocycles. The minimum Gasteiger partial charge on any atom is -0.495 e. The van der Waals surface area contributed by atoms with Crippen LogP contribution in [0.15, 0.2) is 47.4 Å². The van der Waals surface area contributed by atoms with Gasteiger partial charge in [0, 0.05) is 6.42 Å². The molecule has 6 nitrogen and oxygen atoms in total. The molecule has 2 rings (SSSR count). The van der Waals surface area contributed by atoms with Crippen molar-refractivity contribution in [2.75, 3.05) is 17.1 Å². The quantitative estimate of drug-likeness (QED) is 0.837. The molecule has 2 aromatic rings. The number of carbonyl (C=O) groups is 1. The molecule has 0 aliphatic carbocycles. The first-order valence-corrected chi connectivity index (χ1v) is 8.60. The van der Waals surface area contributed by atoms with Gasteiger partial charge < -0.3 is 10.1 Å². The molecule has 0 heterocycles. The van der Waals surface area contributed by atoms with Crippen molar-refractivity contribution in [3.8, 4) is 5.75 Å². The number of hydrogen-bond donors (Lipinski definition) is 2. The second-order valence-corrected chi connectivity index (χ2v) is 6.56. The molecule has 128 valence electrons. The molecular weight excluding hydrogens is 335 g/mol. The summed E-state index contributed by atoms with van der Waals surface area (Å²) >= 11 is 0. The zero-order chi connectivity index (χ0) is 17.7. The molecule has 0 atom stereocenters. The molecule has 2 N–H and O–H groups in total. The second-order valence-electron chi connectivity index (χ2n) is 4.88. The van der Waals surface area contributed by atoms with E-state index in [1.54, 1.807) is 6.92 Å². The molecule has 0 aromatic heterocycles. The number of anilines is 2. The maximum Gasteiger partial charge on any atom is 0.261 e. The molecule has 24 heavy (non-hydrogen) atoms. The Morgan fingerprint density at radius 2 is 1.96 bits per heavy atom. The first kappa shape index (κ1) is 17.7. The number of benzene rings is 2. The van der Waals surface area contributed by atoms with E-state index in [0.29, 0.717) is 5.75 Å². The van der Waals surface area contributed by atoms with Crippen LogP contribution in [-0.4, -0.2) is 21.4 Å². The van der Waals surface area contributed by atoms with Gasteiger partial charge in [-0.3, -0.25) is 9.52 Å². The molecule has 0 aliphatic rings. The first-order chi connectivity index (χ1) is 11.4. The number of nitrogens with one attached hydrogen (secondary N) is 2. The average molecular weight is 352 g/mol. The fraction of sp³-hybridized carbons (Fsp3) is 0.188. The lowest BCUT2D eigenvalue weighted by molar-refractivity contribution is -0.115. The lowest BCUT2D eigenvalue weighted by Crippen LogP contribution is -2.15. The van der Waals surface area contributed by atoms with E-state index in [9.17, 15) is 17.6 Å². The summed E-state index contributed by atoms with van der Waals surface area (Å²) in [5.74, 6) is -0.497. The number of ether oxygens (including phenoxy) is 1. The Hall–Kier alpha value is -2.61. The third-order valence-corrected chi connectivity index (χ3v) is 4.53. The third-order valence-electron chi connectivity index (χ3n) is 3.15. The summed E-state index contributed by atoms with van der Waals surface area (Å²) in [4.78, 5) is 11.5. The van der Waals surface area contributed by atoms with E-state index in [1.165, 1.54) is 43.5 Å². The zero-order valence-corrected chi connectivity index (χ0v) is 14.0. The standard InChI is InChI=1S/C16H17FN2O4S/c1-3-16(20)18-14-10-13(7-8-15(14)23-2)24(21,22)19-12-6-4-5-11(17)9-12/h4-10,19H,3H2,1-2H3,(H,18,20). The summed E-state index contributed by atoms with van der Waals surface area (Å²) in [6.07, 6.45) is 0.238. The molecule has 0 radical (unpaired) electrons. The largest absolute Gasteiger partial charge is 0.495 e. The normalized spacial score (nSPS) is 11.0. The molecule has 0 bridgehead atoms. The van der Waals surface area contributed by atoms with Gasteiger partial charge in [0.2, 0.25) is 5.91 Å². The highest BCUT2D eigenvalue weighted by atomic mass is 32.2. The van der Waals surface area contributed by atoms with E-state index in [-0.39, 0.29) is 28.6 Å². The predicted octanol–water partition coefficient (Wildman–Crippen LogP) is 2.98. The number of rotatable bonds is 6. The Balaban J connectivity index is 2.36. The van der Waals surface area contributed by atoms with E-state index < -0.39 is 15.8 Å². The van der Waals surface area contributed by atoms with Crippen LogP contribution in [0.2, 0.25) is 0 Å². The monoisotopic (exact) mass is 352 g/mol. The molecule has 0 unspecified atom stereocenters. The van der Waals surface area contributed by atoms with Crippen molar-refractivity contribution >= 4 is 27.3 Å². The van der Waals surface area contributed by atoms with Crippen LogP contribution in [0.1, 0.15) is 13.3 Å². The van der Waals surface area contributed by atoms with Gasteiger partial charge in [-0.05, 0) is 36.4 Å². The van der Waals surface area contributed by atoms with Crippen LogP contribution in [0.4, 0.5) is 15.8 Å². The van der Waals surface area contributed by atoms with Gasteiger partial charge in [0.25, 0.3) is 10.0 Å². The van der Waals surface area contributed by atoms with Gasteiger partial charge in [0.1, 0.15) is 11.6 Å². The summed E-state index contributed by atoms with van der Waals surface area (Å²) in [5.41, 5.74) is 0.344. The zero-order valence-electron chi connectivity index (χ0n) is 13.2. The maximum absolute atomic E-state index is 13.2. The summed E-state index contributed by atoms with van der Waals surface area (Å²) < 4.78 is 45.5. The Morgan fingerprint density at radius 1 is 1.21 bits per heavy atom. The van der Waals surface area contributed by atoms with Gasteiger partial charge >= 0.3 is 0 Å². The second kappa shape index (κ2) is 7.31. The molecule has 0 aliphatic heterocycles. The number of carbonyl (C=O) groups excluding carboxylic acids is 1. The summed E-state index contributed by atoms with van der Waals surface area (Å²) in [5, 5.41) is 2.58. The van der Waals surface area contributed by atoms with Gasteiger partial charge in [-0.15, -0.1) is 0 Å². The fourth-order valence-electron chi connectivity index (χ4n) is 1.96. The van der Waals surface area contributed by atoms with Crippen molar-refractivity contribution in [3.05, 3.63) is 48.3 Å². The van der Waals surface area contributed by atoms with Crippen LogP contribution in [0, 0.1) is 5.82 Å². The Kier molecular flexibility index (Phi) is 5.40.